The number of anilines is 1. The lowest BCUT2D eigenvalue weighted by atomic mass is 9.98. The van der Waals surface area contributed by atoms with E-state index in [2.05, 4.69) is 20.3 Å². The van der Waals surface area contributed by atoms with Crippen LogP contribution in [0.25, 0.3) is 11.4 Å². The molecule has 0 aliphatic carbocycles. The van der Waals surface area contributed by atoms with Crippen molar-refractivity contribution >= 4 is 5.69 Å². The van der Waals surface area contributed by atoms with Crippen LogP contribution in [0.4, 0.5) is 18.9 Å². The molecule has 3 rings (SSSR count). The van der Waals surface area contributed by atoms with Crippen LogP contribution < -0.4 is 5.32 Å². The van der Waals surface area contributed by atoms with E-state index in [0.29, 0.717) is 22.8 Å². The molecule has 1 unspecified atom stereocenters. The van der Waals surface area contributed by atoms with Gasteiger partial charge in [0.25, 0.3) is 0 Å². The van der Waals surface area contributed by atoms with Crippen LogP contribution >= 0.6 is 0 Å². The fraction of sp³-hybridized carbons (Fsp3) is 0.222. The van der Waals surface area contributed by atoms with Gasteiger partial charge < -0.3 is 10.3 Å². The second-order valence-corrected chi connectivity index (χ2v) is 5.70. The second-order valence-electron chi connectivity index (χ2n) is 5.70. The summed E-state index contributed by atoms with van der Waals surface area (Å²) in [5.41, 5.74) is 2.12. The van der Waals surface area contributed by atoms with E-state index in [1.807, 2.05) is 19.1 Å². The molecule has 0 aliphatic heterocycles. The number of halogens is 3. The zero-order valence-electron chi connectivity index (χ0n) is 13.7. The van der Waals surface area contributed by atoms with Crippen LogP contribution in [0.2, 0.25) is 0 Å². The zero-order valence-corrected chi connectivity index (χ0v) is 13.7. The van der Waals surface area contributed by atoms with E-state index in [1.165, 1.54) is 6.07 Å². The Morgan fingerprint density at radius 3 is 2.56 bits per heavy atom. The molecule has 1 aromatic carbocycles. The number of aromatic nitrogens is 3. The molecule has 3 aromatic rings. The highest BCUT2D eigenvalue weighted by atomic mass is 19.4. The lowest BCUT2D eigenvalue weighted by Gasteiger charge is -2.12. The van der Waals surface area contributed by atoms with Gasteiger partial charge in [0, 0.05) is 19.2 Å². The summed E-state index contributed by atoms with van der Waals surface area (Å²) in [6.45, 7) is 1.82. The first-order valence-electron chi connectivity index (χ1n) is 7.75. The van der Waals surface area contributed by atoms with E-state index >= 15 is 0 Å². The summed E-state index contributed by atoms with van der Waals surface area (Å²) in [6.07, 6.45) is -0.955. The van der Waals surface area contributed by atoms with E-state index < -0.39 is 11.7 Å². The first kappa shape index (κ1) is 17.0. The third kappa shape index (κ3) is 3.65. The van der Waals surface area contributed by atoms with Gasteiger partial charge in [0.1, 0.15) is 11.5 Å². The van der Waals surface area contributed by atoms with Crippen molar-refractivity contribution in [3.8, 4) is 11.4 Å². The van der Waals surface area contributed by atoms with Gasteiger partial charge in [-0.3, -0.25) is 4.98 Å². The monoisotopic (exact) mass is 346 g/mol. The molecule has 25 heavy (non-hydrogen) atoms. The lowest BCUT2D eigenvalue weighted by molar-refractivity contribution is -0.137. The normalized spacial score (nSPS) is 12.8. The maximum Gasteiger partial charge on any atom is 0.416 e. The molecule has 0 bridgehead atoms. The largest absolute Gasteiger partial charge is 0.416 e. The zero-order chi connectivity index (χ0) is 18.0. The third-order valence-electron chi connectivity index (χ3n) is 4.04. The summed E-state index contributed by atoms with van der Waals surface area (Å²) < 4.78 is 38.7. The average molecular weight is 346 g/mol. The molecule has 2 aromatic heterocycles. The van der Waals surface area contributed by atoms with Gasteiger partial charge in [-0.25, -0.2) is 4.98 Å². The minimum Gasteiger partial charge on any atom is -0.387 e. The molecule has 2 heterocycles. The molecule has 0 saturated heterocycles. The molecule has 0 saturated carbocycles. The Bertz CT molecular complexity index is 853. The Morgan fingerprint density at radius 1 is 1.12 bits per heavy atom. The summed E-state index contributed by atoms with van der Waals surface area (Å²) in [6, 6.07) is 9.02. The number of hydrogen-bond acceptors (Lipinski definition) is 3. The fourth-order valence-corrected chi connectivity index (χ4v) is 2.53. The number of alkyl halides is 3. The van der Waals surface area contributed by atoms with E-state index in [0.717, 1.165) is 17.8 Å². The van der Waals surface area contributed by atoms with Gasteiger partial charge in [0.15, 0.2) is 0 Å². The number of rotatable bonds is 4. The minimum atomic E-state index is -4.36. The van der Waals surface area contributed by atoms with E-state index in [9.17, 15) is 13.2 Å². The summed E-state index contributed by atoms with van der Waals surface area (Å²) in [5, 5.41) is 2.99. The molecule has 130 valence electrons. The Morgan fingerprint density at radius 2 is 1.92 bits per heavy atom. The second kappa shape index (κ2) is 6.58. The molecule has 2 N–H and O–H groups in total. The smallest absolute Gasteiger partial charge is 0.387 e. The molecule has 0 aliphatic rings. The first-order chi connectivity index (χ1) is 11.9. The van der Waals surface area contributed by atoms with Crippen molar-refractivity contribution in [3.05, 3.63) is 65.7 Å². The SMILES string of the molecule is CNc1ccc(-c2c[nH]c(C(C)c3cccc(C(F)(F)F)c3)n2)nc1. The van der Waals surface area contributed by atoms with Gasteiger partial charge in [-0.1, -0.05) is 25.1 Å². The molecule has 7 heteroatoms. The average Bonchev–Trinajstić information content (AvgIpc) is 3.10. The highest BCUT2D eigenvalue weighted by Crippen LogP contribution is 2.32. The van der Waals surface area contributed by atoms with Crippen LogP contribution in [0.5, 0.6) is 0 Å². The summed E-state index contributed by atoms with van der Waals surface area (Å²) in [4.78, 5) is 11.8. The molecular formula is C18H17F3N4. The van der Waals surface area contributed by atoms with E-state index in [1.54, 1.807) is 25.5 Å². The number of nitrogens with zero attached hydrogens (tertiary/aromatic N) is 2. The van der Waals surface area contributed by atoms with Crippen LogP contribution in [-0.4, -0.2) is 22.0 Å². The maximum atomic E-state index is 12.9. The molecule has 4 nitrogen and oxygen atoms in total. The molecular weight excluding hydrogens is 329 g/mol. The number of H-pyrrole nitrogens is 1. The van der Waals surface area contributed by atoms with Crippen LogP contribution in [-0.2, 0) is 6.18 Å². The van der Waals surface area contributed by atoms with Crippen molar-refractivity contribution in [3.63, 3.8) is 0 Å². The van der Waals surface area contributed by atoms with Crippen LogP contribution in [0.15, 0.2) is 48.8 Å². The molecule has 0 amide bonds. The van der Waals surface area contributed by atoms with Crippen molar-refractivity contribution < 1.29 is 13.2 Å². The van der Waals surface area contributed by atoms with Gasteiger partial charge in [0.05, 0.1) is 23.1 Å². The van der Waals surface area contributed by atoms with Gasteiger partial charge in [0.2, 0.25) is 0 Å². The Kier molecular flexibility index (Phi) is 4.48. The molecule has 1 atom stereocenters. The molecule has 0 radical (unpaired) electrons. The lowest BCUT2D eigenvalue weighted by Crippen LogP contribution is -2.07. The van der Waals surface area contributed by atoms with Gasteiger partial charge in [-0.2, -0.15) is 13.2 Å². The summed E-state index contributed by atoms with van der Waals surface area (Å²) >= 11 is 0. The van der Waals surface area contributed by atoms with Crippen LogP contribution in [0, 0.1) is 0 Å². The van der Waals surface area contributed by atoms with E-state index in [-0.39, 0.29) is 5.92 Å². The molecule has 0 spiro atoms. The van der Waals surface area contributed by atoms with Gasteiger partial charge in [-0.05, 0) is 23.8 Å². The van der Waals surface area contributed by atoms with Crippen LogP contribution in [0.1, 0.15) is 29.8 Å². The first-order valence-corrected chi connectivity index (χ1v) is 7.75. The predicted octanol–water partition coefficient (Wildman–Crippen LogP) is 4.68. The Hall–Kier alpha value is -2.83. The highest BCUT2D eigenvalue weighted by Gasteiger charge is 2.31. The number of benzene rings is 1. The standard InChI is InChI=1S/C18H17F3N4/c1-11(12-4-3-5-13(8-12)18(19,20)21)17-24-10-16(25-17)15-7-6-14(22-2)9-23-15/h3-11,22H,1-2H3,(H,24,25). The van der Waals surface area contributed by atoms with Crippen molar-refractivity contribution in [2.75, 3.05) is 12.4 Å². The fourth-order valence-electron chi connectivity index (χ4n) is 2.53. The Labute approximate surface area is 143 Å². The summed E-state index contributed by atoms with van der Waals surface area (Å²) in [7, 11) is 1.81. The van der Waals surface area contributed by atoms with Gasteiger partial charge >= 0.3 is 6.18 Å². The minimum absolute atomic E-state index is 0.298. The number of hydrogen-bond donors (Lipinski definition) is 2. The van der Waals surface area contributed by atoms with Crippen molar-refractivity contribution in [2.24, 2.45) is 0 Å². The Balaban J connectivity index is 1.86. The third-order valence-corrected chi connectivity index (χ3v) is 4.04. The van der Waals surface area contributed by atoms with Crippen molar-refractivity contribution in [1.29, 1.82) is 0 Å². The van der Waals surface area contributed by atoms with Crippen molar-refractivity contribution in [2.45, 2.75) is 19.0 Å². The quantitative estimate of drug-likeness (QED) is 0.721. The highest BCUT2D eigenvalue weighted by molar-refractivity contribution is 5.56. The topological polar surface area (TPSA) is 53.6 Å². The number of aromatic amines is 1. The maximum absolute atomic E-state index is 12.9. The van der Waals surface area contributed by atoms with Gasteiger partial charge in [-0.15, -0.1) is 0 Å². The number of imidazole rings is 1. The predicted molar refractivity (Wildman–Crippen MR) is 90.3 cm³/mol. The van der Waals surface area contributed by atoms with Crippen molar-refractivity contribution in [1.82, 2.24) is 15.0 Å². The number of nitrogens with one attached hydrogen (secondary N) is 2. The van der Waals surface area contributed by atoms with Crippen LogP contribution in [0.3, 0.4) is 0 Å². The molecule has 0 fully saturated rings. The number of pyridine rings is 1. The van der Waals surface area contributed by atoms with E-state index in [4.69, 9.17) is 0 Å². The summed E-state index contributed by atoms with van der Waals surface area (Å²) in [5.74, 6) is 0.293.